The maximum Gasteiger partial charge on any atom is 0.282 e. The van der Waals surface area contributed by atoms with Crippen molar-refractivity contribution in [3.05, 3.63) is 95.2 Å². The van der Waals surface area contributed by atoms with Crippen LogP contribution in [0.3, 0.4) is 0 Å². The highest BCUT2D eigenvalue weighted by atomic mass is 16.5. The molecule has 3 aromatic rings. The number of hydrogen-bond acceptors (Lipinski definition) is 4. The molecule has 2 amide bonds. The fourth-order valence-electron chi connectivity index (χ4n) is 3.83. The minimum Gasteiger partial charge on any atom is -0.491 e. The normalized spacial score (nSPS) is 13.8. The van der Waals surface area contributed by atoms with Gasteiger partial charge in [0.1, 0.15) is 11.4 Å². The number of benzene rings is 3. The van der Waals surface area contributed by atoms with Gasteiger partial charge in [0.2, 0.25) is 0 Å². The van der Waals surface area contributed by atoms with Gasteiger partial charge in [-0.05, 0) is 69.2 Å². The highest BCUT2D eigenvalue weighted by molar-refractivity contribution is 6.46. The smallest absolute Gasteiger partial charge is 0.282 e. The Hall–Kier alpha value is -3.86. The molecule has 5 heteroatoms. The van der Waals surface area contributed by atoms with Gasteiger partial charge in [-0.25, -0.2) is 4.90 Å². The molecule has 1 N–H and O–H groups in total. The van der Waals surface area contributed by atoms with Crippen LogP contribution in [0.5, 0.6) is 5.75 Å². The van der Waals surface area contributed by atoms with Gasteiger partial charge in [0.25, 0.3) is 11.8 Å². The van der Waals surface area contributed by atoms with Crippen molar-refractivity contribution in [2.24, 2.45) is 0 Å². The zero-order valence-electron chi connectivity index (χ0n) is 18.7. The summed E-state index contributed by atoms with van der Waals surface area (Å²) in [6.07, 6.45) is 0.0709. The maximum atomic E-state index is 13.5. The fourth-order valence-corrected chi connectivity index (χ4v) is 3.83. The Morgan fingerprint density at radius 2 is 1.53 bits per heavy atom. The van der Waals surface area contributed by atoms with Crippen LogP contribution in [0.2, 0.25) is 0 Å². The van der Waals surface area contributed by atoms with E-state index in [1.54, 1.807) is 0 Å². The van der Waals surface area contributed by atoms with Crippen molar-refractivity contribution in [1.29, 1.82) is 0 Å². The van der Waals surface area contributed by atoms with Gasteiger partial charge in [-0.3, -0.25) is 9.59 Å². The van der Waals surface area contributed by atoms with E-state index >= 15 is 0 Å². The van der Waals surface area contributed by atoms with Crippen LogP contribution in [0, 0.1) is 13.8 Å². The average molecular weight is 427 g/mol. The molecule has 0 spiro atoms. The number of amides is 2. The largest absolute Gasteiger partial charge is 0.491 e. The lowest BCUT2D eigenvalue weighted by molar-refractivity contribution is -0.120. The zero-order chi connectivity index (χ0) is 22.8. The number of hydrogen-bond donors (Lipinski definition) is 1. The van der Waals surface area contributed by atoms with E-state index in [1.807, 2.05) is 100 Å². The predicted octanol–water partition coefficient (Wildman–Crippen LogP) is 5.49. The summed E-state index contributed by atoms with van der Waals surface area (Å²) in [5, 5.41) is 3.19. The van der Waals surface area contributed by atoms with E-state index in [0.29, 0.717) is 22.5 Å². The topological polar surface area (TPSA) is 58.6 Å². The van der Waals surface area contributed by atoms with Crippen LogP contribution in [0.15, 0.2) is 78.5 Å². The predicted molar refractivity (Wildman–Crippen MR) is 128 cm³/mol. The Kier molecular flexibility index (Phi) is 5.82. The van der Waals surface area contributed by atoms with E-state index in [1.165, 1.54) is 4.90 Å². The van der Waals surface area contributed by atoms with Crippen molar-refractivity contribution in [1.82, 2.24) is 0 Å². The van der Waals surface area contributed by atoms with Gasteiger partial charge in [-0.15, -0.1) is 0 Å². The van der Waals surface area contributed by atoms with E-state index in [9.17, 15) is 9.59 Å². The second-order valence-corrected chi connectivity index (χ2v) is 8.17. The van der Waals surface area contributed by atoms with Crippen LogP contribution in [0.1, 0.15) is 30.5 Å². The van der Waals surface area contributed by atoms with Crippen LogP contribution in [0.25, 0.3) is 5.57 Å². The van der Waals surface area contributed by atoms with Gasteiger partial charge in [0.05, 0.1) is 17.4 Å². The Morgan fingerprint density at radius 1 is 0.844 bits per heavy atom. The standard InChI is InChI=1S/C27H26N2O3/c1-17(2)32-22-13-11-21(12-14-22)28-25-24(20-8-6-5-7-9-20)26(30)29(27(25)31)23-15-10-18(3)16-19(23)4/h5-17,28H,1-4H3. The van der Waals surface area contributed by atoms with Crippen molar-refractivity contribution in [2.45, 2.75) is 33.8 Å². The van der Waals surface area contributed by atoms with Gasteiger partial charge in [-0.2, -0.15) is 0 Å². The third-order valence-electron chi connectivity index (χ3n) is 5.24. The number of nitrogens with one attached hydrogen (secondary N) is 1. The second-order valence-electron chi connectivity index (χ2n) is 8.17. The van der Waals surface area contributed by atoms with Crippen molar-refractivity contribution in [3.8, 4) is 5.75 Å². The molecule has 0 fully saturated rings. The molecule has 0 atom stereocenters. The Morgan fingerprint density at radius 3 is 2.16 bits per heavy atom. The summed E-state index contributed by atoms with van der Waals surface area (Å²) in [5.41, 5.74) is 4.56. The van der Waals surface area contributed by atoms with Crippen molar-refractivity contribution < 1.29 is 14.3 Å². The molecule has 0 aromatic heterocycles. The first-order chi connectivity index (χ1) is 15.3. The van der Waals surface area contributed by atoms with Crippen LogP contribution in [-0.4, -0.2) is 17.9 Å². The van der Waals surface area contributed by atoms with E-state index in [4.69, 9.17) is 4.74 Å². The summed E-state index contributed by atoms with van der Waals surface area (Å²) in [6, 6.07) is 22.3. The zero-order valence-corrected chi connectivity index (χ0v) is 18.7. The highest BCUT2D eigenvalue weighted by Gasteiger charge is 2.40. The third kappa shape index (κ3) is 4.14. The summed E-state index contributed by atoms with van der Waals surface area (Å²) in [5.74, 6) is 0.0345. The van der Waals surface area contributed by atoms with E-state index in [2.05, 4.69) is 5.32 Å². The van der Waals surface area contributed by atoms with E-state index in [0.717, 1.165) is 16.9 Å². The number of imide groups is 1. The molecule has 0 unspecified atom stereocenters. The summed E-state index contributed by atoms with van der Waals surface area (Å²) in [7, 11) is 0. The first kappa shape index (κ1) is 21.4. The first-order valence-corrected chi connectivity index (χ1v) is 10.6. The maximum absolute atomic E-state index is 13.5. The van der Waals surface area contributed by atoms with Crippen LogP contribution in [0.4, 0.5) is 11.4 Å². The van der Waals surface area contributed by atoms with Crippen molar-refractivity contribution in [2.75, 3.05) is 10.2 Å². The molecule has 1 aliphatic heterocycles. The summed E-state index contributed by atoms with van der Waals surface area (Å²) < 4.78 is 5.70. The van der Waals surface area contributed by atoms with Gasteiger partial charge in [-0.1, -0.05) is 48.0 Å². The molecule has 0 saturated heterocycles. The average Bonchev–Trinajstić information content (AvgIpc) is 2.99. The van der Waals surface area contributed by atoms with Gasteiger partial charge >= 0.3 is 0 Å². The Balaban J connectivity index is 1.74. The molecule has 0 radical (unpaired) electrons. The van der Waals surface area contributed by atoms with Crippen molar-refractivity contribution in [3.63, 3.8) is 0 Å². The number of carbonyl (C=O) groups is 2. The third-order valence-corrected chi connectivity index (χ3v) is 5.24. The van der Waals surface area contributed by atoms with Crippen molar-refractivity contribution >= 4 is 28.8 Å². The van der Waals surface area contributed by atoms with Crippen LogP contribution < -0.4 is 15.0 Å². The van der Waals surface area contributed by atoms with Crippen LogP contribution >= 0.6 is 0 Å². The summed E-state index contributed by atoms with van der Waals surface area (Å²) >= 11 is 0. The molecule has 0 saturated carbocycles. The number of anilines is 2. The van der Waals surface area contributed by atoms with Gasteiger partial charge in [0.15, 0.2) is 0 Å². The quantitative estimate of drug-likeness (QED) is 0.530. The van der Waals surface area contributed by atoms with Crippen LogP contribution in [-0.2, 0) is 9.59 Å². The first-order valence-electron chi connectivity index (χ1n) is 10.6. The molecule has 162 valence electrons. The van der Waals surface area contributed by atoms with Gasteiger partial charge < -0.3 is 10.1 Å². The Labute approximate surface area is 188 Å². The minimum absolute atomic E-state index is 0.0709. The molecule has 32 heavy (non-hydrogen) atoms. The molecule has 0 aliphatic carbocycles. The molecular formula is C27H26N2O3. The molecule has 1 aliphatic rings. The minimum atomic E-state index is -0.372. The Bertz CT molecular complexity index is 1200. The molecular weight excluding hydrogens is 400 g/mol. The molecule has 0 bridgehead atoms. The second kappa shape index (κ2) is 8.71. The number of aryl methyl sites for hydroxylation is 2. The van der Waals surface area contributed by atoms with E-state index in [-0.39, 0.29) is 23.6 Å². The monoisotopic (exact) mass is 426 g/mol. The SMILES string of the molecule is Cc1ccc(N2C(=O)C(Nc3ccc(OC(C)C)cc3)=C(c3ccccc3)C2=O)c(C)c1. The molecule has 3 aromatic carbocycles. The molecule has 1 heterocycles. The summed E-state index contributed by atoms with van der Waals surface area (Å²) in [4.78, 5) is 28.3. The number of nitrogens with zero attached hydrogens (tertiary/aromatic N) is 1. The lowest BCUT2D eigenvalue weighted by Crippen LogP contribution is -2.33. The summed E-state index contributed by atoms with van der Waals surface area (Å²) in [6.45, 7) is 7.82. The number of ether oxygens (including phenoxy) is 1. The fraction of sp³-hybridized carbons (Fsp3) is 0.185. The lowest BCUT2D eigenvalue weighted by atomic mass is 10.0. The highest BCUT2D eigenvalue weighted by Crippen LogP contribution is 2.35. The van der Waals surface area contributed by atoms with Gasteiger partial charge in [0, 0.05) is 5.69 Å². The molecule has 4 rings (SSSR count). The lowest BCUT2D eigenvalue weighted by Gasteiger charge is -2.18. The van der Waals surface area contributed by atoms with E-state index < -0.39 is 0 Å². The number of carbonyl (C=O) groups excluding carboxylic acids is 2. The number of rotatable bonds is 6. The molecule has 5 nitrogen and oxygen atoms in total.